The Morgan fingerprint density at radius 2 is 2.08 bits per heavy atom. The highest BCUT2D eigenvalue weighted by molar-refractivity contribution is 8.00. The number of benzene rings is 1. The van der Waals surface area contributed by atoms with Crippen molar-refractivity contribution in [2.75, 3.05) is 18.6 Å². The normalized spacial score (nSPS) is 19.6. The van der Waals surface area contributed by atoms with Crippen molar-refractivity contribution in [1.29, 1.82) is 0 Å². The molecule has 2 amide bonds. The third kappa shape index (κ3) is 6.22. The van der Waals surface area contributed by atoms with Crippen molar-refractivity contribution in [2.45, 2.75) is 43.4 Å². The van der Waals surface area contributed by atoms with E-state index in [1.54, 1.807) is 17.5 Å². The van der Waals surface area contributed by atoms with Gasteiger partial charge < -0.3 is 31.3 Å². The van der Waals surface area contributed by atoms with Gasteiger partial charge in [-0.15, -0.1) is 23.1 Å². The monoisotopic (exact) mass is 704 g/mol. The van der Waals surface area contributed by atoms with Crippen LogP contribution in [0.4, 0.5) is 9.52 Å². The molecule has 1 saturated carbocycles. The van der Waals surface area contributed by atoms with Crippen LogP contribution >= 0.6 is 23.1 Å². The van der Waals surface area contributed by atoms with E-state index >= 15 is 4.39 Å². The Hall–Kier alpha value is -5.29. The summed E-state index contributed by atoms with van der Waals surface area (Å²) in [7, 11) is 1.27. The minimum Gasteiger partial charge on any atom is -0.477 e. The molecule has 1 saturated heterocycles. The number of thioether (sulfide) groups is 1. The SMILES string of the molecule is CO/N=C(\C(=O)N[C@@H]1C(=O)N2C(C(=O)O)=C(C[n+]3cccc4c3ccn4Cc3ccc(C(N)=NC4CC4)cc3F)CS[C@H]12)c1csc(N)n1. The number of pyridine rings is 1. The number of fused-ring (bicyclic) bond motifs is 2. The quantitative estimate of drug-likeness (QED) is 0.0592. The number of nitrogen functional groups attached to an aromatic ring is 1. The lowest BCUT2D eigenvalue weighted by molar-refractivity contribution is -0.663. The highest BCUT2D eigenvalue weighted by Gasteiger charge is 2.55. The Labute approximate surface area is 286 Å². The number of carboxylic acids is 1. The Bertz CT molecular complexity index is 2100. The number of anilines is 1. The van der Waals surface area contributed by atoms with Crippen LogP contribution in [0, 0.1) is 5.82 Å². The molecule has 1 aliphatic carbocycles. The van der Waals surface area contributed by atoms with E-state index in [9.17, 15) is 19.5 Å². The molecule has 252 valence electrons. The Kier molecular flexibility index (Phi) is 8.54. The van der Waals surface area contributed by atoms with Gasteiger partial charge in [0.2, 0.25) is 5.52 Å². The van der Waals surface area contributed by atoms with Crippen LogP contribution in [0.5, 0.6) is 0 Å². The van der Waals surface area contributed by atoms with Crippen molar-refractivity contribution < 1.29 is 33.3 Å². The first-order valence-corrected chi connectivity index (χ1v) is 17.2. The number of thiazole rings is 1. The van der Waals surface area contributed by atoms with Crippen molar-refractivity contribution in [2.24, 2.45) is 15.9 Å². The first-order valence-electron chi connectivity index (χ1n) is 15.3. The molecule has 0 unspecified atom stereocenters. The molecular formula is C32H31FN9O5S2+. The third-order valence-corrected chi connectivity index (χ3v) is 10.4. The van der Waals surface area contributed by atoms with Gasteiger partial charge in [-0.3, -0.25) is 19.5 Å². The molecule has 2 atom stereocenters. The van der Waals surface area contributed by atoms with Crippen LogP contribution in [0.25, 0.3) is 11.0 Å². The number of hydrogen-bond acceptors (Lipinski definition) is 10. The number of rotatable bonds is 11. The number of carbonyl (C=O) groups excluding carboxylic acids is 2. The van der Waals surface area contributed by atoms with Gasteiger partial charge in [0.05, 0.1) is 12.6 Å². The number of nitrogens with two attached hydrogens (primary N) is 2. The van der Waals surface area contributed by atoms with E-state index in [2.05, 4.69) is 20.4 Å². The lowest BCUT2D eigenvalue weighted by Crippen LogP contribution is -2.71. The molecule has 0 bridgehead atoms. The first-order chi connectivity index (χ1) is 23.6. The fourth-order valence-corrected chi connectivity index (χ4v) is 7.78. The summed E-state index contributed by atoms with van der Waals surface area (Å²) in [6.07, 6.45) is 5.69. The third-order valence-electron chi connectivity index (χ3n) is 8.43. The maximum Gasteiger partial charge on any atom is 0.352 e. The first kappa shape index (κ1) is 32.3. The molecule has 0 radical (unpaired) electrons. The van der Waals surface area contributed by atoms with Crippen molar-refractivity contribution in [3.05, 3.63) is 88.1 Å². The van der Waals surface area contributed by atoms with Gasteiger partial charge in [0, 0.05) is 46.2 Å². The van der Waals surface area contributed by atoms with Gasteiger partial charge in [-0.05, 0) is 25.0 Å². The second kappa shape index (κ2) is 13.0. The van der Waals surface area contributed by atoms with Gasteiger partial charge in [-0.2, -0.15) is 4.57 Å². The minimum absolute atomic E-state index is 0.118. The van der Waals surface area contributed by atoms with Crippen molar-refractivity contribution in [3.8, 4) is 0 Å². The second-order valence-electron chi connectivity index (χ2n) is 11.7. The summed E-state index contributed by atoms with van der Waals surface area (Å²) in [6, 6.07) is 9.78. The molecule has 2 fully saturated rings. The summed E-state index contributed by atoms with van der Waals surface area (Å²) in [5, 5.41) is 17.8. The maximum atomic E-state index is 15.2. The fourth-order valence-electron chi connectivity index (χ4n) is 5.90. The highest BCUT2D eigenvalue weighted by Crippen LogP contribution is 2.40. The average molecular weight is 705 g/mol. The molecule has 0 spiro atoms. The van der Waals surface area contributed by atoms with Crippen molar-refractivity contribution in [1.82, 2.24) is 19.8 Å². The van der Waals surface area contributed by atoms with E-state index in [0.29, 0.717) is 28.3 Å². The number of carboxylic acid groups (broad SMARTS) is 1. The minimum atomic E-state index is -1.25. The van der Waals surface area contributed by atoms with Crippen LogP contribution < -0.4 is 21.4 Å². The average Bonchev–Trinajstić information content (AvgIpc) is 3.64. The fraction of sp³-hybridized carbons (Fsp3) is 0.281. The van der Waals surface area contributed by atoms with E-state index in [4.69, 9.17) is 16.3 Å². The molecule has 6 N–H and O–H groups in total. The molecule has 5 heterocycles. The predicted octanol–water partition coefficient (Wildman–Crippen LogP) is 1.81. The van der Waals surface area contributed by atoms with Crippen molar-refractivity contribution >= 4 is 68.6 Å². The molecule has 4 aromatic rings. The van der Waals surface area contributed by atoms with E-state index < -0.39 is 29.2 Å². The van der Waals surface area contributed by atoms with E-state index in [1.807, 2.05) is 39.7 Å². The van der Waals surface area contributed by atoms with Crippen LogP contribution in [0.2, 0.25) is 0 Å². The Balaban J connectivity index is 1.09. The number of halogens is 1. The van der Waals surface area contributed by atoms with E-state index in [1.165, 1.54) is 29.8 Å². The number of nitrogens with one attached hydrogen (secondary N) is 1. The molecule has 3 aliphatic rings. The Morgan fingerprint density at radius 1 is 1.27 bits per heavy atom. The number of hydrogen-bond donors (Lipinski definition) is 4. The van der Waals surface area contributed by atoms with Crippen LogP contribution in [-0.4, -0.2) is 79.2 Å². The summed E-state index contributed by atoms with van der Waals surface area (Å²) in [6.45, 7) is 0.462. The van der Waals surface area contributed by atoms with Gasteiger partial charge in [0.15, 0.2) is 23.6 Å². The maximum absolute atomic E-state index is 15.2. The molecule has 14 nitrogen and oxygen atoms in total. The van der Waals surface area contributed by atoms with Crippen LogP contribution in [-0.2, 0) is 32.3 Å². The van der Waals surface area contributed by atoms with Crippen LogP contribution in [0.1, 0.15) is 29.7 Å². The number of β-lactam (4-membered cyclic amide) rings is 1. The van der Waals surface area contributed by atoms with E-state index in [-0.39, 0.29) is 47.2 Å². The Morgan fingerprint density at radius 3 is 2.78 bits per heavy atom. The number of oxime groups is 1. The van der Waals surface area contributed by atoms with Crippen LogP contribution in [0.3, 0.4) is 0 Å². The molecule has 3 aromatic heterocycles. The number of carbonyl (C=O) groups is 3. The topological polar surface area (TPSA) is 194 Å². The van der Waals surface area contributed by atoms with Crippen molar-refractivity contribution in [3.63, 3.8) is 0 Å². The molecular weight excluding hydrogens is 674 g/mol. The number of amidine groups is 1. The van der Waals surface area contributed by atoms with Gasteiger partial charge in [-0.25, -0.2) is 14.2 Å². The highest BCUT2D eigenvalue weighted by atomic mass is 32.2. The van der Waals surface area contributed by atoms with E-state index in [0.717, 1.165) is 35.2 Å². The number of aliphatic imine (C=N–C) groups is 1. The largest absolute Gasteiger partial charge is 0.477 e. The number of nitrogens with zero attached hydrogens (tertiary/aromatic N) is 6. The molecule has 1 aromatic carbocycles. The lowest BCUT2D eigenvalue weighted by Gasteiger charge is -2.49. The zero-order valence-electron chi connectivity index (χ0n) is 26.1. The van der Waals surface area contributed by atoms with Crippen LogP contribution in [0.15, 0.2) is 75.6 Å². The molecule has 49 heavy (non-hydrogen) atoms. The number of amides is 2. The van der Waals surface area contributed by atoms with Gasteiger partial charge in [-0.1, -0.05) is 17.3 Å². The van der Waals surface area contributed by atoms with Gasteiger partial charge >= 0.3 is 5.97 Å². The number of aromatic nitrogens is 3. The summed E-state index contributed by atoms with van der Waals surface area (Å²) in [5.41, 5.74) is 14.9. The summed E-state index contributed by atoms with van der Waals surface area (Å²) in [4.78, 5) is 53.5. The zero-order chi connectivity index (χ0) is 34.4. The van der Waals surface area contributed by atoms with Gasteiger partial charge in [0.25, 0.3) is 11.8 Å². The predicted molar refractivity (Wildman–Crippen MR) is 181 cm³/mol. The lowest BCUT2D eigenvalue weighted by atomic mass is 10.0. The summed E-state index contributed by atoms with van der Waals surface area (Å²) < 4.78 is 19.0. The molecule has 7 rings (SSSR count). The zero-order valence-corrected chi connectivity index (χ0v) is 27.7. The number of aliphatic carboxylic acids is 1. The van der Waals surface area contributed by atoms with Gasteiger partial charge in [0.1, 0.15) is 47.1 Å². The summed E-state index contributed by atoms with van der Waals surface area (Å²) >= 11 is 2.47. The summed E-state index contributed by atoms with van der Waals surface area (Å²) in [5.74, 6) is -2.24. The second-order valence-corrected chi connectivity index (χ2v) is 13.7. The molecule has 17 heteroatoms. The standard InChI is InChI=1S/C32H30FN9O5S2/c1-47-39-24(21-15-49-32(35)37-21)28(43)38-25-29(44)42-26(31(45)46)18(14-48-30(25)42)13-40-9-2-3-22-23(40)8-10-41(22)12-17-5-4-16(11-20(17)33)27(34)36-19-6-7-19/h2-5,8-11,15,19,25,30H,6-7,12-14H2,1H3,(H5-,34,35,36,37,38,43,45,46)/p+1/b39-24-/t25-,30-/m1/s1. The molecule has 2 aliphatic heterocycles. The smallest absolute Gasteiger partial charge is 0.352 e.